The molecule has 0 saturated heterocycles. The van der Waals surface area contributed by atoms with Crippen LogP contribution < -0.4 is 4.74 Å². The van der Waals surface area contributed by atoms with Crippen LogP contribution in [-0.4, -0.2) is 6.61 Å². The van der Waals surface area contributed by atoms with Gasteiger partial charge < -0.3 is 4.74 Å². The van der Waals surface area contributed by atoms with Crippen molar-refractivity contribution in [1.29, 1.82) is 0 Å². The molecule has 2 rings (SSSR count). The maximum atomic E-state index is 6.00. The zero-order valence-corrected chi connectivity index (χ0v) is 13.0. The first-order chi connectivity index (χ1) is 8.95. The molecule has 1 heteroatoms. The largest absolute Gasteiger partial charge is 0.493 e. The van der Waals surface area contributed by atoms with E-state index in [1.807, 2.05) is 0 Å². The van der Waals surface area contributed by atoms with E-state index in [1.54, 1.807) is 0 Å². The van der Waals surface area contributed by atoms with E-state index in [2.05, 4.69) is 52.0 Å². The lowest BCUT2D eigenvalue weighted by molar-refractivity contribution is 0.0131. The highest BCUT2D eigenvalue weighted by Gasteiger charge is 2.42. The fourth-order valence-electron chi connectivity index (χ4n) is 3.29. The van der Waals surface area contributed by atoms with Gasteiger partial charge in [0.25, 0.3) is 0 Å². The molecular formula is C18H28O. The molecule has 1 saturated carbocycles. The van der Waals surface area contributed by atoms with Crippen molar-refractivity contribution in [2.75, 3.05) is 6.61 Å². The Morgan fingerprint density at radius 1 is 1.05 bits per heavy atom. The Labute approximate surface area is 118 Å². The zero-order chi connectivity index (χ0) is 13.9. The van der Waals surface area contributed by atoms with Gasteiger partial charge in [0, 0.05) is 0 Å². The molecule has 1 aromatic carbocycles. The van der Waals surface area contributed by atoms with Gasteiger partial charge in [0.1, 0.15) is 5.75 Å². The van der Waals surface area contributed by atoms with Crippen LogP contribution in [0, 0.1) is 17.8 Å². The lowest BCUT2D eigenvalue weighted by Crippen LogP contribution is -2.39. The highest BCUT2D eigenvalue weighted by atomic mass is 16.5. The van der Waals surface area contributed by atoms with Gasteiger partial charge in [0.05, 0.1) is 6.61 Å². The third-order valence-electron chi connectivity index (χ3n) is 5.42. The summed E-state index contributed by atoms with van der Waals surface area (Å²) in [5.41, 5.74) is 2.10. The summed E-state index contributed by atoms with van der Waals surface area (Å²) >= 11 is 0. The van der Waals surface area contributed by atoms with Crippen LogP contribution in [0.2, 0.25) is 0 Å². The molecule has 0 spiro atoms. The van der Waals surface area contributed by atoms with Crippen molar-refractivity contribution in [1.82, 2.24) is 0 Å². The highest BCUT2D eigenvalue weighted by molar-refractivity contribution is 5.31. The molecule has 1 nitrogen and oxygen atoms in total. The third kappa shape index (κ3) is 3.13. The highest BCUT2D eigenvalue weighted by Crippen LogP contribution is 2.52. The molecule has 0 aromatic heterocycles. The summed E-state index contributed by atoms with van der Waals surface area (Å²) in [6, 6.07) is 8.30. The van der Waals surface area contributed by atoms with Crippen molar-refractivity contribution in [3.8, 4) is 5.75 Å². The van der Waals surface area contributed by atoms with Gasteiger partial charge in [-0.3, -0.25) is 0 Å². The second-order valence-electron chi connectivity index (χ2n) is 7.02. The van der Waals surface area contributed by atoms with E-state index >= 15 is 0 Å². The number of rotatable bonds is 4. The van der Waals surface area contributed by atoms with Gasteiger partial charge in [-0.15, -0.1) is 0 Å². The Morgan fingerprint density at radius 3 is 2.42 bits per heavy atom. The molecule has 1 aromatic rings. The second kappa shape index (κ2) is 5.56. The van der Waals surface area contributed by atoms with Gasteiger partial charge in [-0.1, -0.05) is 51.8 Å². The van der Waals surface area contributed by atoms with Crippen LogP contribution in [0.15, 0.2) is 24.3 Å². The van der Waals surface area contributed by atoms with E-state index in [9.17, 15) is 0 Å². The first-order valence-corrected chi connectivity index (χ1v) is 7.63. The van der Waals surface area contributed by atoms with Crippen LogP contribution in [0.5, 0.6) is 5.75 Å². The first kappa shape index (κ1) is 14.4. The van der Waals surface area contributed by atoms with Crippen LogP contribution >= 0.6 is 0 Å². The fraction of sp³-hybridized carbons (Fsp3) is 0.667. The minimum atomic E-state index is 0.425. The van der Waals surface area contributed by atoms with E-state index in [0.29, 0.717) is 10.8 Å². The minimum Gasteiger partial charge on any atom is -0.493 e. The number of benzene rings is 1. The number of para-hydroxylation sites is 1. The van der Waals surface area contributed by atoms with E-state index in [1.165, 1.54) is 31.2 Å². The molecule has 0 aliphatic heterocycles. The molecule has 0 N–H and O–H groups in total. The fourth-order valence-corrected chi connectivity index (χ4v) is 3.29. The number of hydrogen-bond donors (Lipinski definition) is 0. The molecule has 0 heterocycles. The summed E-state index contributed by atoms with van der Waals surface area (Å²) in [7, 11) is 0. The summed E-state index contributed by atoms with van der Waals surface area (Å²) in [5.74, 6) is 1.04. The number of aryl methyl sites for hydroxylation is 1. The van der Waals surface area contributed by atoms with Crippen molar-refractivity contribution in [2.24, 2.45) is 10.8 Å². The van der Waals surface area contributed by atoms with Gasteiger partial charge in [-0.05, 0) is 48.6 Å². The molecule has 106 valence electrons. The van der Waals surface area contributed by atoms with Crippen molar-refractivity contribution < 1.29 is 4.74 Å². The molecule has 0 amide bonds. The lowest BCUT2D eigenvalue weighted by atomic mass is 9.57. The first-order valence-electron chi connectivity index (χ1n) is 7.63. The monoisotopic (exact) mass is 260 g/mol. The number of hydrogen-bond acceptors (Lipinski definition) is 1. The summed E-state index contributed by atoms with van der Waals surface area (Å²) in [6.07, 6.45) is 6.63. The van der Waals surface area contributed by atoms with Crippen LogP contribution in [0.3, 0.4) is 0 Å². The van der Waals surface area contributed by atoms with Crippen LogP contribution in [0.25, 0.3) is 0 Å². The molecule has 1 aliphatic carbocycles. The van der Waals surface area contributed by atoms with Crippen molar-refractivity contribution in [2.45, 2.75) is 59.8 Å². The smallest absolute Gasteiger partial charge is 0.122 e. The van der Waals surface area contributed by atoms with E-state index in [0.717, 1.165) is 18.8 Å². The molecule has 0 bridgehead atoms. The van der Waals surface area contributed by atoms with Crippen LogP contribution in [-0.2, 0) is 0 Å². The Bertz CT molecular complexity index is 421. The van der Waals surface area contributed by atoms with Crippen molar-refractivity contribution in [3.05, 3.63) is 29.8 Å². The standard InChI is InChI=1S/C18H28O/c1-15-9-5-6-10-16(15)19-14-13-18(4)12-8-7-11-17(18,2)3/h5-6,9-10H,7-8,11-14H2,1-4H3/t18-/m0/s1. The van der Waals surface area contributed by atoms with Gasteiger partial charge in [0.2, 0.25) is 0 Å². The summed E-state index contributed by atoms with van der Waals surface area (Å²) in [5, 5.41) is 0. The third-order valence-corrected chi connectivity index (χ3v) is 5.42. The predicted octanol–water partition coefficient (Wildman–Crippen LogP) is 5.37. The van der Waals surface area contributed by atoms with Crippen molar-refractivity contribution >= 4 is 0 Å². The van der Waals surface area contributed by atoms with E-state index < -0.39 is 0 Å². The predicted molar refractivity (Wildman–Crippen MR) is 81.6 cm³/mol. The van der Waals surface area contributed by atoms with Crippen LogP contribution in [0.4, 0.5) is 0 Å². The van der Waals surface area contributed by atoms with Gasteiger partial charge in [-0.2, -0.15) is 0 Å². The second-order valence-corrected chi connectivity index (χ2v) is 7.02. The maximum absolute atomic E-state index is 6.00. The van der Waals surface area contributed by atoms with Crippen LogP contribution in [0.1, 0.15) is 58.4 Å². The average Bonchev–Trinajstić information content (AvgIpc) is 2.36. The SMILES string of the molecule is Cc1ccccc1OCC[C@]1(C)CCCCC1(C)C. The summed E-state index contributed by atoms with van der Waals surface area (Å²) in [6.45, 7) is 10.3. The number of ether oxygens (including phenoxy) is 1. The molecule has 0 unspecified atom stereocenters. The quantitative estimate of drug-likeness (QED) is 0.707. The van der Waals surface area contributed by atoms with Gasteiger partial charge >= 0.3 is 0 Å². The Kier molecular flexibility index (Phi) is 4.23. The maximum Gasteiger partial charge on any atom is 0.122 e. The normalized spacial score (nSPS) is 26.1. The lowest BCUT2D eigenvalue weighted by Gasteiger charge is -2.48. The Hall–Kier alpha value is -0.980. The Balaban J connectivity index is 1.93. The van der Waals surface area contributed by atoms with E-state index in [-0.39, 0.29) is 0 Å². The summed E-state index contributed by atoms with van der Waals surface area (Å²) < 4.78 is 6.00. The molecule has 1 atom stereocenters. The topological polar surface area (TPSA) is 9.23 Å². The molecular weight excluding hydrogens is 232 g/mol. The van der Waals surface area contributed by atoms with Gasteiger partial charge in [0.15, 0.2) is 0 Å². The molecule has 1 aliphatic rings. The Morgan fingerprint density at radius 2 is 1.74 bits per heavy atom. The minimum absolute atomic E-state index is 0.425. The van der Waals surface area contributed by atoms with E-state index in [4.69, 9.17) is 4.74 Å². The van der Waals surface area contributed by atoms with Crippen molar-refractivity contribution in [3.63, 3.8) is 0 Å². The molecule has 1 fully saturated rings. The van der Waals surface area contributed by atoms with Gasteiger partial charge in [-0.25, -0.2) is 0 Å². The summed E-state index contributed by atoms with van der Waals surface area (Å²) in [4.78, 5) is 0. The molecule has 0 radical (unpaired) electrons. The average molecular weight is 260 g/mol. The zero-order valence-electron chi connectivity index (χ0n) is 13.0. The molecule has 19 heavy (non-hydrogen) atoms.